The molecule has 0 aromatic heterocycles. The summed E-state index contributed by atoms with van der Waals surface area (Å²) >= 11 is 0. The molecule has 0 aliphatic heterocycles. The Morgan fingerprint density at radius 3 is 1.59 bits per heavy atom. The SMILES string of the molecule is CC(C)[Si](OC[C@@H](O)[C@H](O)[C@H](O)[C@@H](O)C=O)(C(C)C)C(C)C. The molecule has 0 heterocycles. The molecule has 0 fully saturated rings. The molecule has 0 aliphatic carbocycles. The number of aliphatic hydroxyl groups is 4. The van der Waals surface area contributed by atoms with Crippen molar-refractivity contribution in [3.63, 3.8) is 0 Å². The summed E-state index contributed by atoms with van der Waals surface area (Å²) in [6.45, 7) is 12.4. The number of rotatable bonds is 10. The van der Waals surface area contributed by atoms with Crippen LogP contribution in [0.5, 0.6) is 0 Å². The van der Waals surface area contributed by atoms with E-state index in [0.717, 1.165) is 0 Å². The number of carbonyl (C=O) groups excluding carboxylic acids is 1. The molecule has 0 aromatic rings. The van der Waals surface area contributed by atoms with Gasteiger partial charge >= 0.3 is 0 Å². The Morgan fingerprint density at radius 2 is 1.27 bits per heavy atom. The van der Waals surface area contributed by atoms with Crippen molar-refractivity contribution < 1.29 is 29.6 Å². The molecule has 0 saturated carbocycles. The maximum absolute atomic E-state index is 10.4. The Morgan fingerprint density at radius 1 is 0.864 bits per heavy atom. The monoisotopic (exact) mass is 336 g/mol. The fourth-order valence-electron chi connectivity index (χ4n) is 3.34. The van der Waals surface area contributed by atoms with Crippen LogP contribution < -0.4 is 0 Å². The van der Waals surface area contributed by atoms with Gasteiger partial charge in [-0.25, -0.2) is 0 Å². The molecule has 0 aliphatic rings. The number of hydrogen-bond donors (Lipinski definition) is 4. The molecule has 0 aromatic carbocycles. The normalized spacial score (nSPS) is 18.6. The Kier molecular flexibility index (Phi) is 8.97. The lowest BCUT2D eigenvalue weighted by Gasteiger charge is -2.43. The summed E-state index contributed by atoms with van der Waals surface area (Å²) in [6, 6.07) is 0. The molecular formula is C15H32O6Si. The zero-order chi connectivity index (χ0) is 17.7. The molecule has 0 spiro atoms. The lowest BCUT2D eigenvalue weighted by Crippen LogP contribution is -2.52. The minimum atomic E-state index is -2.19. The van der Waals surface area contributed by atoms with Crippen molar-refractivity contribution in [3.8, 4) is 0 Å². The van der Waals surface area contributed by atoms with Gasteiger partial charge in [-0.05, 0) is 16.6 Å². The van der Waals surface area contributed by atoms with Gasteiger partial charge in [0.2, 0.25) is 0 Å². The first-order valence-corrected chi connectivity index (χ1v) is 9.97. The molecule has 6 nitrogen and oxygen atoms in total. The van der Waals surface area contributed by atoms with Gasteiger partial charge < -0.3 is 29.6 Å². The highest BCUT2D eigenvalue weighted by atomic mass is 28.4. The van der Waals surface area contributed by atoms with Crippen molar-refractivity contribution in [2.24, 2.45) is 0 Å². The first kappa shape index (κ1) is 21.7. The molecule has 7 heteroatoms. The van der Waals surface area contributed by atoms with Crippen molar-refractivity contribution >= 4 is 14.6 Å². The number of aliphatic hydroxyl groups excluding tert-OH is 4. The Balaban J connectivity index is 4.96. The van der Waals surface area contributed by atoms with Crippen LogP contribution in [0.25, 0.3) is 0 Å². The molecule has 0 saturated heterocycles. The van der Waals surface area contributed by atoms with E-state index in [4.69, 9.17) is 4.43 Å². The first-order chi connectivity index (χ1) is 10.0. The third-order valence-corrected chi connectivity index (χ3v) is 10.5. The van der Waals surface area contributed by atoms with Crippen LogP contribution in [0.4, 0.5) is 0 Å². The highest BCUT2D eigenvalue weighted by Crippen LogP contribution is 2.42. The van der Waals surface area contributed by atoms with E-state index in [1.54, 1.807) is 0 Å². The number of aldehydes is 1. The Bertz CT molecular complexity index is 312. The lowest BCUT2D eigenvalue weighted by molar-refractivity contribution is -0.136. The van der Waals surface area contributed by atoms with Crippen molar-refractivity contribution in [3.05, 3.63) is 0 Å². The van der Waals surface area contributed by atoms with E-state index >= 15 is 0 Å². The van der Waals surface area contributed by atoms with E-state index in [0.29, 0.717) is 16.6 Å². The van der Waals surface area contributed by atoms with Gasteiger partial charge in [0.1, 0.15) is 24.4 Å². The van der Waals surface area contributed by atoms with Crippen LogP contribution in [0.1, 0.15) is 41.5 Å². The second-order valence-corrected chi connectivity index (χ2v) is 12.3. The zero-order valence-electron chi connectivity index (χ0n) is 14.4. The van der Waals surface area contributed by atoms with Crippen LogP contribution in [-0.2, 0) is 9.22 Å². The van der Waals surface area contributed by atoms with Gasteiger partial charge in [0.15, 0.2) is 14.6 Å². The van der Waals surface area contributed by atoms with Gasteiger partial charge in [-0.1, -0.05) is 41.5 Å². The van der Waals surface area contributed by atoms with E-state index in [2.05, 4.69) is 41.5 Å². The van der Waals surface area contributed by atoms with Gasteiger partial charge in [-0.3, -0.25) is 0 Å². The second kappa shape index (κ2) is 9.10. The van der Waals surface area contributed by atoms with E-state index < -0.39 is 32.7 Å². The maximum Gasteiger partial charge on any atom is 0.200 e. The summed E-state index contributed by atoms with van der Waals surface area (Å²) in [7, 11) is -2.19. The van der Waals surface area contributed by atoms with E-state index in [9.17, 15) is 25.2 Å². The van der Waals surface area contributed by atoms with Crippen molar-refractivity contribution in [2.45, 2.75) is 82.6 Å². The van der Waals surface area contributed by atoms with E-state index in [1.807, 2.05) is 0 Å². The summed E-state index contributed by atoms with van der Waals surface area (Å²) in [4.78, 5) is 10.4. The number of carbonyl (C=O) groups is 1. The number of hydrogen-bond acceptors (Lipinski definition) is 6. The average molecular weight is 337 g/mol. The molecule has 0 rings (SSSR count). The summed E-state index contributed by atoms with van der Waals surface area (Å²) in [5, 5.41) is 38.6. The predicted octanol–water partition coefficient (Wildman–Crippen LogP) is 0.821. The molecule has 0 bridgehead atoms. The third kappa shape index (κ3) is 4.84. The fraction of sp³-hybridized carbons (Fsp3) is 0.933. The van der Waals surface area contributed by atoms with Crippen LogP contribution in [0.3, 0.4) is 0 Å². The van der Waals surface area contributed by atoms with Crippen molar-refractivity contribution in [1.29, 1.82) is 0 Å². The minimum absolute atomic E-state index is 0.122. The zero-order valence-corrected chi connectivity index (χ0v) is 15.4. The van der Waals surface area contributed by atoms with Crippen molar-refractivity contribution in [2.75, 3.05) is 6.61 Å². The van der Waals surface area contributed by atoms with E-state index in [-0.39, 0.29) is 12.9 Å². The van der Waals surface area contributed by atoms with Crippen LogP contribution in [0.2, 0.25) is 16.6 Å². The van der Waals surface area contributed by atoms with E-state index in [1.165, 1.54) is 0 Å². The van der Waals surface area contributed by atoms with Crippen molar-refractivity contribution in [1.82, 2.24) is 0 Å². The maximum atomic E-state index is 10.4. The molecule has 4 N–H and O–H groups in total. The highest BCUT2D eigenvalue weighted by Gasteiger charge is 2.45. The molecule has 0 amide bonds. The van der Waals surface area contributed by atoms with Crippen LogP contribution in [0.15, 0.2) is 0 Å². The average Bonchev–Trinajstić information content (AvgIpc) is 2.43. The summed E-state index contributed by atoms with van der Waals surface area (Å²) in [5.41, 5.74) is 0.965. The van der Waals surface area contributed by atoms with Gasteiger partial charge in [0, 0.05) is 0 Å². The second-order valence-electron chi connectivity index (χ2n) is 6.80. The van der Waals surface area contributed by atoms with Crippen LogP contribution in [0, 0.1) is 0 Å². The van der Waals surface area contributed by atoms with Gasteiger partial charge in [0.05, 0.1) is 6.61 Å². The Labute approximate surface area is 134 Å². The smallest absolute Gasteiger partial charge is 0.200 e. The topological polar surface area (TPSA) is 107 Å². The highest BCUT2D eigenvalue weighted by molar-refractivity contribution is 6.77. The van der Waals surface area contributed by atoms with Gasteiger partial charge in [-0.2, -0.15) is 0 Å². The molecule has 132 valence electrons. The molecule has 0 radical (unpaired) electrons. The predicted molar refractivity (Wildman–Crippen MR) is 87.1 cm³/mol. The van der Waals surface area contributed by atoms with Gasteiger partial charge in [-0.15, -0.1) is 0 Å². The first-order valence-electron chi connectivity index (χ1n) is 7.83. The third-order valence-electron chi connectivity index (χ3n) is 4.44. The summed E-state index contributed by atoms with van der Waals surface area (Å²) in [6.07, 6.45) is -6.35. The standard InChI is InChI=1S/C15H32O6Si/c1-9(2)22(10(3)4,11(5)6)21-8-13(18)15(20)14(19)12(17)7-16/h7,9-15,17-20H,8H2,1-6H3/t12-,13+,14+,15-/m0/s1. The largest absolute Gasteiger partial charge is 0.413 e. The minimum Gasteiger partial charge on any atom is -0.413 e. The fourth-order valence-corrected chi connectivity index (χ4v) is 8.80. The molecule has 4 atom stereocenters. The summed E-state index contributed by atoms with van der Waals surface area (Å²) < 4.78 is 6.11. The van der Waals surface area contributed by atoms with Gasteiger partial charge in [0.25, 0.3) is 0 Å². The molecule has 22 heavy (non-hydrogen) atoms. The lowest BCUT2D eigenvalue weighted by atomic mass is 10.0. The molecule has 0 unspecified atom stereocenters. The van der Waals surface area contributed by atoms with Crippen LogP contribution >= 0.6 is 0 Å². The Hall–Kier alpha value is -0.313. The van der Waals surface area contributed by atoms with Crippen LogP contribution in [-0.4, -0.2) is 66.1 Å². The quantitative estimate of drug-likeness (QED) is 0.347. The summed E-state index contributed by atoms with van der Waals surface area (Å²) in [5.74, 6) is 0. The molecular weight excluding hydrogens is 304 g/mol.